The fourth-order valence-corrected chi connectivity index (χ4v) is 11.1. The van der Waals surface area contributed by atoms with Crippen molar-refractivity contribution in [2.75, 3.05) is 0 Å². The van der Waals surface area contributed by atoms with Crippen LogP contribution >= 0.6 is 0 Å². The molecule has 0 atom stereocenters. The first-order valence-corrected chi connectivity index (χ1v) is 30.1. The molecule has 99 heavy (non-hydrogen) atoms. The second-order valence-corrected chi connectivity index (χ2v) is 23.0. The van der Waals surface area contributed by atoms with Gasteiger partial charge >= 0.3 is 84.5 Å². The minimum absolute atomic E-state index is 0. The molecule has 0 fully saturated rings. The van der Waals surface area contributed by atoms with Crippen LogP contribution in [0.15, 0.2) is 127 Å². The number of nitrogens with zero attached hydrogens (tertiary/aromatic N) is 21. The summed E-state index contributed by atoms with van der Waals surface area (Å²) in [5.74, 6) is -0.724. The topological polar surface area (TPSA) is 417 Å². The van der Waals surface area contributed by atoms with Crippen LogP contribution in [0.2, 0.25) is 0 Å². The fraction of sp³-hybridized carbons (Fsp3) is 0.286. The molecule has 6 radical (unpaired) electrons. The molecule has 3 aromatic carbocycles. The van der Waals surface area contributed by atoms with Gasteiger partial charge in [-0.25, -0.2) is 45.9 Å². The van der Waals surface area contributed by atoms with Gasteiger partial charge in [0.2, 0.25) is 0 Å². The molecule has 516 valence electrons. The van der Waals surface area contributed by atoms with Gasteiger partial charge in [0.1, 0.15) is 16.8 Å². The summed E-state index contributed by atoms with van der Waals surface area (Å²) in [6, 6.07) is 33.9. The maximum Gasteiger partial charge on any atom is 3.00 e. The maximum atomic E-state index is 10.3. The average Bonchev–Trinajstić information content (AvgIpc) is 1.65. The summed E-state index contributed by atoms with van der Waals surface area (Å²) < 4.78 is 18.6. The Balaban J connectivity index is 0.000000609. The number of aryl methyl sites for hydroxylation is 18. The summed E-state index contributed by atoms with van der Waals surface area (Å²) in [7, 11) is -3.78. The molecule has 0 bridgehead atoms. The molecule has 0 aliphatic rings. The zero-order chi connectivity index (χ0) is 72.0. The third-order valence-corrected chi connectivity index (χ3v) is 14.8. The smallest absolute Gasteiger partial charge is 0.872 e. The third-order valence-electron chi connectivity index (χ3n) is 14.8. The molecule has 0 spiro atoms. The quantitative estimate of drug-likeness (QED) is 0.187. The number of benzene rings is 3. The summed E-state index contributed by atoms with van der Waals surface area (Å²) in [5.41, 5.74) is 36.5. The minimum atomic E-state index is -1.26. The number of nitroso groups, excluding NO2 is 3. The molecule has 0 amide bonds. The minimum Gasteiger partial charge on any atom is -0.872 e. The Morgan fingerprint density at radius 2 is 0.293 bits per heavy atom. The third kappa shape index (κ3) is 24.4. The van der Waals surface area contributed by atoms with Crippen LogP contribution in [0.4, 0.5) is 0 Å². The monoisotopic (exact) mass is 1600 g/mol. The summed E-state index contributed by atoms with van der Waals surface area (Å²) in [5, 5.41) is 104. The Morgan fingerprint density at radius 1 is 0.212 bits per heavy atom. The fourth-order valence-electron chi connectivity index (χ4n) is 11.1. The Hall–Kier alpha value is -9.59. The molecule has 36 heteroatoms. The van der Waals surface area contributed by atoms with Gasteiger partial charge in [0.25, 0.3) is 0 Å². The molecule has 0 unspecified atom stereocenters. The number of aromatic nitrogens is 18. The number of rotatable bonds is 9. The van der Waals surface area contributed by atoms with Crippen molar-refractivity contribution >= 4 is 21.4 Å². The molecule has 0 N–H and O–H groups in total. The SMILES string of the molecule is Cc1cc(C)n([BH-](n2nc(C)cc2C)n2nc(C)cc2C)n1.Cc1cc(C)n([BH-](n2nc(C)cc2C)n2nc(C)cc2C)n1.Cc1cc(C)n([BH-](n2nc(C)cc2C)n2nc(C)cc2C)n1.[Mo+3].[Mo+3].[Mo+3].[N]=O.[N]=O.[N]=O.[O-]c1ccc([O-])cc1.[O-]c1ccc([O-])cc1.[O-]c1ccc([O-])cc1. The van der Waals surface area contributed by atoms with Crippen molar-refractivity contribution in [3.63, 3.8) is 0 Å². The molecule has 0 saturated carbocycles. The van der Waals surface area contributed by atoms with Crippen LogP contribution in [0.5, 0.6) is 34.5 Å². The van der Waals surface area contributed by atoms with Crippen LogP contribution < -0.4 is 47.4 Å². The largest absolute Gasteiger partial charge is 3.00 e. The first kappa shape index (κ1) is 87.4. The van der Waals surface area contributed by atoms with Crippen molar-refractivity contribution in [3.8, 4) is 34.5 Å². The van der Waals surface area contributed by atoms with Gasteiger partial charge in [0.05, 0.1) is 51.2 Å². The van der Waals surface area contributed by atoms with Crippen LogP contribution in [0.3, 0.4) is 0 Å². The zero-order valence-electron chi connectivity index (χ0n) is 58.5. The van der Waals surface area contributed by atoms with E-state index in [1.54, 1.807) is 0 Å². The van der Waals surface area contributed by atoms with Gasteiger partial charge in [-0.15, -0.1) is 49.2 Å². The summed E-state index contributed by atoms with van der Waals surface area (Å²) in [4.78, 5) is 21.8. The predicted molar refractivity (Wildman–Crippen MR) is 358 cm³/mol. The summed E-state index contributed by atoms with van der Waals surface area (Å²) in [6.07, 6.45) is 0. The summed E-state index contributed by atoms with van der Waals surface area (Å²) in [6.45, 7) is 36.9. The van der Waals surface area contributed by atoms with Crippen molar-refractivity contribution in [1.82, 2.24) is 104 Å². The van der Waals surface area contributed by atoms with E-state index in [9.17, 15) is 30.6 Å². The molecular formula is C63H78B3Mo3N21O9. The van der Waals surface area contributed by atoms with Crippen molar-refractivity contribution in [2.45, 2.75) is 125 Å². The molecule has 9 aromatic heterocycles. The first-order valence-electron chi connectivity index (χ1n) is 30.1. The van der Waals surface area contributed by atoms with Gasteiger partial charge < -0.3 is 72.0 Å². The molecule has 0 aliphatic carbocycles. The van der Waals surface area contributed by atoms with E-state index in [1.807, 2.05) is 62.3 Å². The standard InChI is InChI=1S/3C15H22BN6.3C6H6O2.3Mo.3NO/c3*1-10-7-13(4)20(17-10)16(21-14(5)8-11(2)18-21)22-15(6)9-12(3)19-22;3*7-5-1-2-6(8)4-3-5;;;;3*1-2/h3*7-9,16H,1-6H3;3*1-4,7-8H;;;;;;/q3*-1;;;;3*+3;;;/p-6. The van der Waals surface area contributed by atoms with Crippen LogP contribution in [0.1, 0.15) is 102 Å². The van der Waals surface area contributed by atoms with Crippen LogP contribution in [-0.4, -0.2) is 109 Å². The van der Waals surface area contributed by atoms with E-state index in [4.69, 9.17) is 77.4 Å². The average molecular weight is 1590 g/mol. The van der Waals surface area contributed by atoms with E-state index in [0.717, 1.165) is 102 Å². The molecule has 12 aromatic rings. The zero-order valence-corrected chi connectivity index (χ0v) is 64.6. The van der Waals surface area contributed by atoms with Gasteiger partial charge in [-0.2, -0.15) is 0 Å². The molecule has 12 rings (SSSR count). The van der Waals surface area contributed by atoms with E-state index in [1.165, 1.54) is 72.8 Å². The Bertz CT molecular complexity index is 3560. The molecule has 9 heterocycles. The Labute approximate surface area is 618 Å². The van der Waals surface area contributed by atoms with Crippen molar-refractivity contribution in [2.24, 2.45) is 0 Å². The summed E-state index contributed by atoms with van der Waals surface area (Å²) >= 11 is 0. The number of hydrogen-bond acceptors (Lipinski definition) is 18. The number of hydrogen-bond donors (Lipinski definition) is 0. The molecule has 0 saturated heterocycles. The van der Waals surface area contributed by atoms with Gasteiger partial charge in [0.15, 0.2) is 0 Å². The predicted octanol–water partition coefficient (Wildman–Crippen LogP) is 3.52. The van der Waals surface area contributed by atoms with Crippen molar-refractivity contribution in [1.29, 1.82) is 0 Å². The van der Waals surface area contributed by atoms with Gasteiger partial charge in [-0.1, -0.05) is 72.8 Å². The van der Waals surface area contributed by atoms with Crippen LogP contribution in [0.25, 0.3) is 0 Å². The van der Waals surface area contributed by atoms with Crippen molar-refractivity contribution < 1.29 is 93.8 Å². The van der Waals surface area contributed by atoms with E-state index in [-0.39, 0.29) is 97.7 Å². The van der Waals surface area contributed by atoms with Gasteiger partial charge in [-0.3, -0.25) is 0 Å². The Kier molecular flexibility index (Phi) is 36.2. The molecule has 0 aliphatic heterocycles. The van der Waals surface area contributed by atoms with Gasteiger partial charge in [-0.05, 0) is 230 Å². The molecular weight excluding hydrogens is 1520 g/mol. The normalized spacial score (nSPS) is 10.0. The van der Waals surface area contributed by atoms with E-state index in [0.29, 0.717) is 0 Å². The van der Waals surface area contributed by atoms with E-state index >= 15 is 0 Å². The van der Waals surface area contributed by atoms with E-state index in [2.05, 4.69) is 158 Å². The maximum absolute atomic E-state index is 10.3. The molecule has 30 nitrogen and oxygen atoms in total. The first-order chi connectivity index (χ1) is 45.5. The second kappa shape index (κ2) is 41.0. The van der Waals surface area contributed by atoms with Gasteiger partial charge in [0, 0.05) is 0 Å². The Morgan fingerprint density at radius 3 is 0.354 bits per heavy atom. The van der Waals surface area contributed by atoms with E-state index < -0.39 is 21.4 Å². The van der Waals surface area contributed by atoms with Crippen LogP contribution in [-0.2, 0) is 63.2 Å². The second-order valence-electron chi connectivity index (χ2n) is 23.0. The van der Waals surface area contributed by atoms with Crippen molar-refractivity contribution in [3.05, 3.63) is 245 Å². The van der Waals surface area contributed by atoms with Crippen LogP contribution in [0, 0.1) is 139 Å².